The summed E-state index contributed by atoms with van der Waals surface area (Å²) in [7, 11) is 0. The fourth-order valence-electron chi connectivity index (χ4n) is 1.70. The van der Waals surface area contributed by atoms with Gasteiger partial charge in [0.15, 0.2) is 0 Å². The Balaban J connectivity index is 0. The third-order valence-corrected chi connectivity index (χ3v) is 2.30. The minimum absolute atomic E-state index is 0. The van der Waals surface area contributed by atoms with Crippen LogP contribution in [0.1, 0.15) is 46.9 Å². The van der Waals surface area contributed by atoms with E-state index in [9.17, 15) is 0 Å². The van der Waals surface area contributed by atoms with Crippen molar-refractivity contribution in [2.24, 2.45) is 0 Å². The molecule has 1 unspecified atom stereocenters. The molecule has 1 saturated heterocycles. The van der Waals surface area contributed by atoms with Gasteiger partial charge < -0.3 is 6.74 Å². The van der Waals surface area contributed by atoms with Gasteiger partial charge in [-0.05, 0) is 25.8 Å². The molecule has 1 atom stereocenters. The Bertz CT molecular complexity index is 82.6. The summed E-state index contributed by atoms with van der Waals surface area (Å²) in [6.45, 7) is 3.53. The maximum absolute atomic E-state index is 3.58. The van der Waals surface area contributed by atoms with Crippen LogP contribution in [0, 0.1) is 0 Å². The molecule has 0 aromatic rings. The quantitative estimate of drug-likeness (QED) is 0.519. The molecule has 11 heavy (non-hydrogen) atoms. The van der Waals surface area contributed by atoms with E-state index >= 15 is 0 Å². The van der Waals surface area contributed by atoms with E-state index in [1.807, 2.05) is 0 Å². The van der Waals surface area contributed by atoms with Gasteiger partial charge in [-0.1, -0.05) is 26.2 Å². The molecule has 1 N–H and O–H groups in total. The normalized spacial score (nSPS) is 25.4. The van der Waals surface area contributed by atoms with Gasteiger partial charge in [0.25, 0.3) is 0 Å². The fourth-order valence-corrected chi connectivity index (χ4v) is 1.70. The van der Waals surface area contributed by atoms with Gasteiger partial charge in [0.2, 0.25) is 0 Å². The molecular formula is C9H20LiN. The second kappa shape index (κ2) is 7.22. The summed E-state index contributed by atoms with van der Waals surface area (Å²) in [5, 5.41) is 3.58. The molecule has 0 bridgehead atoms. The fraction of sp³-hybridized carbons (Fsp3) is 1.00. The van der Waals surface area contributed by atoms with Crippen LogP contribution in [0.5, 0.6) is 0 Å². The second-order valence-electron chi connectivity index (χ2n) is 3.29. The molecule has 0 saturated carbocycles. The van der Waals surface area contributed by atoms with E-state index in [2.05, 4.69) is 12.2 Å². The Morgan fingerprint density at radius 3 is 2.91 bits per heavy atom. The van der Waals surface area contributed by atoms with Gasteiger partial charge in [0, 0.05) is 6.04 Å². The molecule has 0 aromatic carbocycles. The van der Waals surface area contributed by atoms with Crippen LogP contribution < -0.4 is 24.2 Å². The summed E-state index contributed by atoms with van der Waals surface area (Å²) in [6, 6.07) is 0.840. The Kier molecular flexibility index (Phi) is 7.59. The van der Waals surface area contributed by atoms with Crippen LogP contribution in [0.4, 0.5) is 0 Å². The molecule has 1 heterocycles. The van der Waals surface area contributed by atoms with E-state index in [0.29, 0.717) is 0 Å². The number of hydrogen-bond acceptors (Lipinski definition) is 1. The molecule has 0 spiro atoms. The smallest absolute Gasteiger partial charge is 1.00 e. The van der Waals surface area contributed by atoms with Crippen LogP contribution in [0.25, 0.3) is 0 Å². The largest absolute Gasteiger partial charge is 1.00 e. The van der Waals surface area contributed by atoms with E-state index in [1.165, 1.54) is 45.1 Å². The van der Waals surface area contributed by atoms with Gasteiger partial charge in [-0.15, -0.1) is 0 Å². The summed E-state index contributed by atoms with van der Waals surface area (Å²) in [5.41, 5.74) is 0. The van der Waals surface area contributed by atoms with E-state index < -0.39 is 0 Å². The molecular weight excluding hydrogens is 129 g/mol. The van der Waals surface area contributed by atoms with E-state index in [1.54, 1.807) is 0 Å². The Morgan fingerprint density at radius 2 is 2.18 bits per heavy atom. The first kappa shape index (κ1) is 11.6. The van der Waals surface area contributed by atoms with Crippen molar-refractivity contribution in [3.05, 3.63) is 0 Å². The molecule has 1 aliphatic heterocycles. The monoisotopic (exact) mass is 149 g/mol. The molecule has 62 valence electrons. The SMILES string of the molecule is CCCC1CCCCCN1.[H-].[Li+]. The zero-order valence-corrected chi connectivity index (χ0v) is 8.03. The molecule has 1 fully saturated rings. The van der Waals surface area contributed by atoms with Gasteiger partial charge in [-0.2, -0.15) is 0 Å². The Hall–Kier alpha value is 0.557. The summed E-state index contributed by atoms with van der Waals surface area (Å²) >= 11 is 0. The summed E-state index contributed by atoms with van der Waals surface area (Å²) < 4.78 is 0. The van der Waals surface area contributed by atoms with Crippen LogP contribution in [0.3, 0.4) is 0 Å². The first-order valence-corrected chi connectivity index (χ1v) is 4.67. The Labute approximate surface area is 84.0 Å². The van der Waals surface area contributed by atoms with Crippen LogP contribution >= 0.6 is 0 Å². The van der Waals surface area contributed by atoms with Crippen LogP contribution in [0.15, 0.2) is 0 Å². The van der Waals surface area contributed by atoms with E-state index in [-0.39, 0.29) is 20.3 Å². The van der Waals surface area contributed by atoms with Crippen molar-refractivity contribution >= 4 is 0 Å². The van der Waals surface area contributed by atoms with Gasteiger partial charge in [-0.3, -0.25) is 0 Å². The molecule has 2 heteroatoms. The standard InChI is InChI=1S/C9H19N.Li.H/c1-2-6-9-7-4-3-5-8-10-9;;/h9-10H,2-8H2,1H3;;/q;+1;-1. The minimum Gasteiger partial charge on any atom is -1.00 e. The molecule has 0 aromatic heterocycles. The molecule has 1 nitrogen and oxygen atoms in total. The second-order valence-corrected chi connectivity index (χ2v) is 3.29. The zero-order valence-electron chi connectivity index (χ0n) is 9.03. The van der Waals surface area contributed by atoms with Crippen LogP contribution in [-0.4, -0.2) is 12.6 Å². The van der Waals surface area contributed by atoms with E-state index in [4.69, 9.17) is 0 Å². The first-order chi connectivity index (χ1) is 4.93. The molecule has 0 radical (unpaired) electrons. The summed E-state index contributed by atoms with van der Waals surface area (Å²) in [4.78, 5) is 0. The van der Waals surface area contributed by atoms with Crippen molar-refractivity contribution in [2.45, 2.75) is 51.5 Å². The third kappa shape index (κ3) is 4.90. The summed E-state index contributed by atoms with van der Waals surface area (Å²) in [6.07, 6.45) is 8.39. The third-order valence-electron chi connectivity index (χ3n) is 2.30. The van der Waals surface area contributed by atoms with Crippen molar-refractivity contribution in [3.63, 3.8) is 0 Å². The number of nitrogens with one attached hydrogen (secondary N) is 1. The molecule has 1 aliphatic rings. The Morgan fingerprint density at radius 1 is 1.36 bits per heavy atom. The maximum Gasteiger partial charge on any atom is 1.00 e. The predicted octanol–water partition coefficient (Wildman–Crippen LogP) is -0.565. The van der Waals surface area contributed by atoms with Crippen LogP contribution in [-0.2, 0) is 0 Å². The average molecular weight is 149 g/mol. The van der Waals surface area contributed by atoms with Crippen molar-refractivity contribution in [2.75, 3.05) is 6.54 Å². The van der Waals surface area contributed by atoms with E-state index in [0.717, 1.165) is 6.04 Å². The van der Waals surface area contributed by atoms with Crippen molar-refractivity contribution in [1.82, 2.24) is 5.32 Å². The van der Waals surface area contributed by atoms with Crippen molar-refractivity contribution in [1.29, 1.82) is 0 Å². The zero-order chi connectivity index (χ0) is 7.23. The van der Waals surface area contributed by atoms with Gasteiger partial charge in [0.1, 0.15) is 0 Å². The van der Waals surface area contributed by atoms with Gasteiger partial charge in [-0.25, -0.2) is 0 Å². The minimum atomic E-state index is 0. The van der Waals surface area contributed by atoms with Gasteiger partial charge in [0.05, 0.1) is 0 Å². The maximum atomic E-state index is 3.58. The van der Waals surface area contributed by atoms with Gasteiger partial charge >= 0.3 is 18.9 Å². The topological polar surface area (TPSA) is 12.0 Å². The summed E-state index contributed by atoms with van der Waals surface area (Å²) in [5.74, 6) is 0. The molecule has 0 amide bonds. The average Bonchev–Trinajstić information content (AvgIpc) is 2.17. The number of rotatable bonds is 2. The molecule has 0 aliphatic carbocycles. The first-order valence-electron chi connectivity index (χ1n) is 4.67. The molecule has 1 rings (SSSR count). The van der Waals surface area contributed by atoms with Crippen molar-refractivity contribution in [3.8, 4) is 0 Å². The van der Waals surface area contributed by atoms with Crippen LogP contribution in [0.2, 0.25) is 0 Å². The van der Waals surface area contributed by atoms with Crippen molar-refractivity contribution < 1.29 is 20.3 Å². The predicted molar refractivity (Wildman–Crippen MR) is 46.3 cm³/mol. The number of hydrogen-bond donors (Lipinski definition) is 1.